The van der Waals surface area contributed by atoms with Gasteiger partial charge in [0.05, 0.1) is 6.54 Å². The Balaban J connectivity index is 1.91. The number of anilines is 1. The van der Waals surface area contributed by atoms with Gasteiger partial charge >= 0.3 is 0 Å². The molecule has 31 heavy (non-hydrogen) atoms. The Hall–Kier alpha value is -1.88. The molecule has 0 bridgehead atoms. The summed E-state index contributed by atoms with van der Waals surface area (Å²) in [6, 6.07) is 6.97. The van der Waals surface area contributed by atoms with E-state index in [9.17, 15) is 9.59 Å². The first-order valence-corrected chi connectivity index (χ1v) is 12.5. The van der Waals surface area contributed by atoms with E-state index < -0.39 is 0 Å². The summed E-state index contributed by atoms with van der Waals surface area (Å²) >= 11 is 0. The van der Waals surface area contributed by atoms with E-state index in [0.717, 1.165) is 13.0 Å². The lowest BCUT2D eigenvalue weighted by molar-refractivity contribution is -0.115. The van der Waals surface area contributed by atoms with Crippen LogP contribution < -0.4 is 16.0 Å². The van der Waals surface area contributed by atoms with E-state index >= 15 is 0 Å². The minimum absolute atomic E-state index is 0.0839. The lowest BCUT2D eigenvalue weighted by Gasteiger charge is -2.08. The van der Waals surface area contributed by atoms with Crippen molar-refractivity contribution in [2.75, 3.05) is 25.5 Å². The van der Waals surface area contributed by atoms with E-state index in [1.807, 2.05) is 0 Å². The van der Waals surface area contributed by atoms with Gasteiger partial charge in [0, 0.05) is 18.3 Å². The molecule has 0 saturated heterocycles. The van der Waals surface area contributed by atoms with Gasteiger partial charge in [-0.05, 0) is 31.2 Å². The molecular weight excluding hydrogens is 386 g/mol. The van der Waals surface area contributed by atoms with Crippen LogP contribution in [0.25, 0.3) is 0 Å². The lowest BCUT2D eigenvalue weighted by Crippen LogP contribution is -2.28. The minimum atomic E-state index is -0.160. The first-order valence-electron chi connectivity index (χ1n) is 12.5. The van der Waals surface area contributed by atoms with Crippen LogP contribution in [0.4, 0.5) is 5.69 Å². The van der Waals surface area contributed by atoms with Crippen molar-refractivity contribution >= 4 is 17.5 Å². The van der Waals surface area contributed by atoms with E-state index in [4.69, 9.17) is 0 Å². The van der Waals surface area contributed by atoms with Gasteiger partial charge < -0.3 is 16.0 Å². The molecule has 0 radical (unpaired) electrons. The minimum Gasteiger partial charge on any atom is -0.355 e. The maximum atomic E-state index is 12.0. The highest BCUT2D eigenvalue weighted by Crippen LogP contribution is 2.13. The Kier molecular flexibility index (Phi) is 16.5. The number of hydrogen-bond acceptors (Lipinski definition) is 3. The molecule has 1 rings (SSSR count). The molecule has 0 aliphatic carbocycles. The first kappa shape index (κ1) is 27.2. The summed E-state index contributed by atoms with van der Waals surface area (Å²) in [5, 5.41) is 8.62. The lowest BCUT2D eigenvalue weighted by atomic mass is 10.0. The summed E-state index contributed by atoms with van der Waals surface area (Å²) in [6.45, 7) is 3.43. The molecule has 0 aliphatic rings. The predicted molar refractivity (Wildman–Crippen MR) is 132 cm³/mol. The van der Waals surface area contributed by atoms with Crippen LogP contribution in [0.3, 0.4) is 0 Å². The number of nitrogens with one attached hydrogen (secondary N) is 3. The number of hydrogen-bond donors (Lipinski definition) is 3. The number of amides is 2. The number of carbonyl (C=O) groups excluding carboxylic acids is 2. The average Bonchev–Trinajstić information content (AvgIpc) is 2.78. The molecule has 0 spiro atoms. The quantitative estimate of drug-likeness (QED) is 0.233. The highest BCUT2D eigenvalue weighted by Gasteiger charge is 2.06. The van der Waals surface area contributed by atoms with Gasteiger partial charge in [-0.3, -0.25) is 9.59 Å². The van der Waals surface area contributed by atoms with Gasteiger partial charge in [-0.15, -0.1) is 0 Å². The van der Waals surface area contributed by atoms with Gasteiger partial charge in [-0.1, -0.05) is 96.5 Å². The summed E-state index contributed by atoms with van der Waals surface area (Å²) in [5.41, 5.74) is 1.18. The van der Waals surface area contributed by atoms with Crippen molar-refractivity contribution in [1.82, 2.24) is 10.6 Å². The smallest absolute Gasteiger partial charge is 0.251 e. The van der Waals surface area contributed by atoms with Gasteiger partial charge in [0.1, 0.15) is 0 Å². The van der Waals surface area contributed by atoms with Crippen molar-refractivity contribution in [3.8, 4) is 0 Å². The van der Waals surface area contributed by atoms with E-state index in [1.54, 1.807) is 31.3 Å². The third-order valence-electron chi connectivity index (χ3n) is 5.63. The van der Waals surface area contributed by atoms with Gasteiger partial charge in [0.2, 0.25) is 5.91 Å². The zero-order valence-electron chi connectivity index (χ0n) is 19.9. The van der Waals surface area contributed by atoms with E-state index in [1.165, 1.54) is 83.5 Å². The van der Waals surface area contributed by atoms with Gasteiger partial charge in [0.15, 0.2) is 0 Å². The van der Waals surface area contributed by atoms with Gasteiger partial charge in [0.25, 0.3) is 5.91 Å². The fourth-order valence-corrected chi connectivity index (χ4v) is 3.73. The molecule has 0 atom stereocenters. The van der Waals surface area contributed by atoms with Crippen molar-refractivity contribution in [3.63, 3.8) is 0 Å². The van der Waals surface area contributed by atoms with Gasteiger partial charge in [-0.2, -0.15) is 0 Å². The number of benzene rings is 1. The van der Waals surface area contributed by atoms with Crippen LogP contribution in [-0.2, 0) is 4.79 Å². The van der Waals surface area contributed by atoms with Crippen LogP contribution in [0.15, 0.2) is 24.3 Å². The zero-order chi connectivity index (χ0) is 22.6. The largest absolute Gasteiger partial charge is 0.355 e. The second kappa shape index (κ2) is 18.9. The fourth-order valence-electron chi connectivity index (χ4n) is 3.73. The summed E-state index contributed by atoms with van der Waals surface area (Å²) in [7, 11) is 1.59. The van der Waals surface area contributed by atoms with Crippen LogP contribution in [0, 0.1) is 0 Å². The summed E-state index contributed by atoms with van der Waals surface area (Å²) in [6.07, 6.45) is 18.9. The second-order valence-corrected chi connectivity index (χ2v) is 8.48. The van der Waals surface area contributed by atoms with Crippen molar-refractivity contribution < 1.29 is 9.59 Å². The monoisotopic (exact) mass is 431 g/mol. The molecule has 0 fully saturated rings. The van der Waals surface area contributed by atoms with Gasteiger partial charge in [-0.25, -0.2) is 0 Å². The van der Waals surface area contributed by atoms with E-state index in [0.29, 0.717) is 17.8 Å². The van der Waals surface area contributed by atoms with Crippen molar-refractivity contribution in [2.45, 2.75) is 96.8 Å². The molecule has 5 nitrogen and oxygen atoms in total. The summed E-state index contributed by atoms with van der Waals surface area (Å²) < 4.78 is 0. The summed E-state index contributed by atoms with van der Waals surface area (Å²) in [5.74, 6) is -0.244. The third-order valence-corrected chi connectivity index (χ3v) is 5.63. The molecule has 5 heteroatoms. The van der Waals surface area contributed by atoms with E-state index in [2.05, 4.69) is 22.9 Å². The molecule has 0 aliphatic heterocycles. The van der Waals surface area contributed by atoms with Crippen LogP contribution in [0.5, 0.6) is 0 Å². The van der Waals surface area contributed by atoms with Crippen LogP contribution in [0.2, 0.25) is 0 Å². The molecule has 176 valence electrons. The Morgan fingerprint density at radius 3 is 1.87 bits per heavy atom. The Morgan fingerprint density at radius 1 is 0.774 bits per heavy atom. The Labute approximate surface area is 190 Å². The molecule has 1 aromatic rings. The predicted octanol–water partition coefficient (Wildman–Crippen LogP) is 6.06. The fraction of sp³-hybridized carbons (Fsp3) is 0.692. The molecule has 0 saturated carbocycles. The molecule has 3 N–H and O–H groups in total. The summed E-state index contributed by atoms with van der Waals surface area (Å²) in [4.78, 5) is 23.7. The zero-order valence-corrected chi connectivity index (χ0v) is 19.9. The van der Waals surface area contributed by atoms with Crippen LogP contribution in [0.1, 0.15) is 107 Å². The molecule has 0 aromatic heterocycles. The number of unbranched alkanes of at least 4 members (excludes halogenated alkanes) is 13. The second-order valence-electron chi connectivity index (χ2n) is 8.48. The molecule has 2 amide bonds. The Morgan fingerprint density at radius 2 is 1.32 bits per heavy atom. The molecule has 0 heterocycles. The highest BCUT2D eigenvalue weighted by atomic mass is 16.2. The standard InChI is InChI=1S/C26H45N3O2/c1-3-4-5-6-7-8-9-10-11-12-13-14-15-16-20-28-22-25(30)29-24-19-17-18-23(21-24)26(31)27-2/h17-19,21,28H,3-16,20,22H2,1-2H3,(H,27,31)(H,29,30). The van der Waals surface area contributed by atoms with Crippen LogP contribution in [-0.4, -0.2) is 32.0 Å². The SMILES string of the molecule is CCCCCCCCCCCCCCCCNCC(=O)Nc1cccc(C(=O)NC)c1. The van der Waals surface area contributed by atoms with Crippen molar-refractivity contribution in [3.05, 3.63) is 29.8 Å². The van der Waals surface area contributed by atoms with Crippen molar-refractivity contribution in [1.29, 1.82) is 0 Å². The molecule has 1 aromatic carbocycles. The van der Waals surface area contributed by atoms with Crippen LogP contribution >= 0.6 is 0 Å². The number of rotatable bonds is 19. The highest BCUT2D eigenvalue weighted by molar-refractivity contribution is 5.97. The van der Waals surface area contributed by atoms with Crippen molar-refractivity contribution in [2.24, 2.45) is 0 Å². The Bertz CT molecular complexity index is 604. The molecule has 0 unspecified atom stereocenters. The maximum absolute atomic E-state index is 12.0. The van der Waals surface area contributed by atoms with E-state index in [-0.39, 0.29) is 11.8 Å². The third kappa shape index (κ3) is 14.7. The maximum Gasteiger partial charge on any atom is 0.251 e. The normalized spacial score (nSPS) is 10.8. The number of carbonyl (C=O) groups is 2. The molecular formula is C26H45N3O2. The topological polar surface area (TPSA) is 70.2 Å². The average molecular weight is 432 g/mol. The first-order chi connectivity index (χ1) is 15.2.